The predicted octanol–water partition coefficient (Wildman–Crippen LogP) is 2.87. The summed E-state index contributed by atoms with van der Waals surface area (Å²) in [5.41, 5.74) is 0. The van der Waals surface area contributed by atoms with Crippen molar-refractivity contribution in [2.24, 2.45) is 0 Å². The molecule has 0 saturated heterocycles. The number of rotatable bonds is 2. The van der Waals surface area contributed by atoms with Crippen molar-refractivity contribution in [3.63, 3.8) is 0 Å². The molecule has 0 radical (unpaired) electrons. The zero-order valence-corrected chi connectivity index (χ0v) is 10.7. The van der Waals surface area contributed by atoms with Crippen LogP contribution in [0.25, 0.3) is 0 Å². The molecule has 6 heteroatoms. The number of halogens is 1. The summed E-state index contributed by atoms with van der Waals surface area (Å²) < 4.78 is 0. The molecule has 0 aromatic heterocycles. The fourth-order valence-corrected chi connectivity index (χ4v) is 0. The van der Waals surface area contributed by atoms with Crippen LogP contribution in [-0.2, 0) is 4.79 Å². The minimum absolute atomic E-state index is 0.708. The fraction of sp³-hybridized carbons (Fsp3) is 0.833. The molecule has 0 aliphatic rings. The third kappa shape index (κ3) is 132. The van der Waals surface area contributed by atoms with Crippen LogP contribution in [0.1, 0.15) is 6.92 Å². The fourth-order valence-electron chi connectivity index (χ4n) is 0. The van der Waals surface area contributed by atoms with E-state index in [0.717, 1.165) is 12.0 Å². The molecule has 0 amide bonds. The highest BCUT2D eigenvalue weighted by Crippen LogP contribution is 1.91. The van der Waals surface area contributed by atoms with Gasteiger partial charge in [-0.1, -0.05) is 0 Å². The summed E-state index contributed by atoms with van der Waals surface area (Å²) in [6.07, 6.45) is 3.99. The van der Waals surface area contributed by atoms with Crippen molar-refractivity contribution < 1.29 is 9.90 Å². The molecule has 0 heterocycles. The van der Waals surface area contributed by atoms with E-state index in [4.69, 9.17) is 21.5 Å². The Morgan fingerprint density at radius 1 is 1.50 bits per heavy atom. The van der Waals surface area contributed by atoms with E-state index in [1.807, 2.05) is 12.5 Å². The molecule has 0 spiro atoms. The average Bonchev–Trinajstić information content (AvgIpc) is 2.03. The first kappa shape index (κ1) is 18.6. The highest BCUT2D eigenvalue weighted by molar-refractivity contribution is 8.08. The van der Waals surface area contributed by atoms with Crippen LogP contribution in [0.4, 0.5) is 0 Å². The van der Waals surface area contributed by atoms with Gasteiger partial charge in [-0.05, 0) is 12.5 Å². The minimum atomic E-state index is -0.833. The molecule has 0 saturated carbocycles. The number of thiol groups is 1. The topological polar surface area (TPSA) is 37.3 Å². The summed E-state index contributed by atoms with van der Waals surface area (Å²) in [6, 6.07) is 0. The van der Waals surface area contributed by atoms with E-state index in [-0.39, 0.29) is 0 Å². The van der Waals surface area contributed by atoms with Gasteiger partial charge in [-0.3, -0.25) is 4.79 Å². The van der Waals surface area contributed by atoms with Gasteiger partial charge < -0.3 is 5.11 Å². The van der Waals surface area contributed by atoms with Crippen LogP contribution in [0.15, 0.2) is 0 Å². The Labute approximate surface area is 93.2 Å². The lowest BCUT2D eigenvalue weighted by Crippen LogP contribution is -1.78. The lowest BCUT2D eigenvalue weighted by atomic mass is 10.9. The second kappa shape index (κ2) is 22.6. The molecule has 0 unspecified atom stereocenters. The van der Waals surface area contributed by atoms with Crippen molar-refractivity contribution >= 4 is 53.7 Å². The highest BCUT2D eigenvalue weighted by Gasteiger charge is 1.65. The first-order chi connectivity index (χ1) is 5.56. The van der Waals surface area contributed by atoms with Crippen LogP contribution in [0.2, 0.25) is 0 Å². The first-order valence-corrected chi connectivity index (χ1v) is 6.86. The molecule has 0 bridgehead atoms. The Balaban J connectivity index is -0.000000101. The van der Waals surface area contributed by atoms with Crippen molar-refractivity contribution in [3.8, 4) is 0 Å². The van der Waals surface area contributed by atoms with E-state index in [0.29, 0.717) is 5.21 Å². The molecule has 76 valence electrons. The maximum Gasteiger partial charge on any atom is 0.300 e. The van der Waals surface area contributed by atoms with E-state index in [2.05, 4.69) is 12.6 Å². The summed E-state index contributed by atoms with van der Waals surface area (Å²) in [4.78, 5) is 9.00. The van der Waals surface area contributed by atoms with Gasteiger partial charge in [-0.25, -0.2) is 0 Å². The van der Waals surface area contributed by atoms with Gasteiger partial charge in [-0.15, -0.1) is 23.4 Å². The summed E-state index contributed by atoms with van der Waals surface area (Å²) in [5.74, 6) is -0.833. The number of carboxylic acids is 1. The lowest BCUT2D eigenvalue weighted by Gasteiger charge is -1.69. The van der Waals surface area contributed by atoms with Crippen LogP contribution in [0, 0.1) is 0 Å². The predicted molar refractivity (Wildman–Crippen MR) is 64.9 cm³/mol. The summed E-state index contributed by atoms with van der Waals surface area (Å²) in [6.45, 7) is 1.08. The van der Waals surface area contributed by atoms with Crippen molar-refractivity contribution in [1.82, 2.24) is 0 Å². The van der Waals surface area contributed by atoms with Crippen molar-refractivity contribution in [3.05, 3.63) is 0 Å². The zero-order valence-electron chi connectivity index (χ0n) is 7.41. The van der Waals surface area contributed by atoms with E-state index in [9.17, 15) is 0 Å². The van der Waals surface area contributed by atoms with Gasteiger partial charge in [0.15, 0.2) is 0 Å². The van der Waals surface area contributed by atoms with Crippen molar-refractivity contribution in [2.75, 3.05) is 22.8 Å². The number of aliphatic carboxylic acids is 1. The standard InChI is InChI=1S/C2H5ClS.C2H4O2.C2H6S2/c1-4-2-3;1-2(3)4;1-4-2-3/h2H2,1H3;1H3,(H,3,4);3H,2H2,1H3. The van der Waals surface area contributed by atoms with E-state index >= 15 is 0 Å². The minimum Gasteiger partial charge on any atom is -0.481 e. The molecule has 2 nitrogen and oxygen atoms in total. The monoisotopic (exact) mass is 250 g/mol. The summed E-state index contributed by atoms with van der Waals surface area (Å²) >= 11 is 12.4. The molecular weight excluding hydrogens is 236 g/mol. The summed E-state index contributed by atoms with van der Waals surface area (Å²) in [5, 5.41) is 9.06. The van der Waals surface area contributed by atoms with Crippen LogP contribution >= 0.6 is 47.8 Å². The zero-order chi connectivity index (χ0) is 10.4. The van der Waals surface area contributed by atoms with Gasteiger partial charge in [0.2, 0.25) is 0 Å². The Morgan fingerprint density at radius 2 is 1.67 bits per heavy atom. The largest absolute Gasteiger partial charge is 0.481 e. The van der Waals surface area contributed by atoms with Gasteiger partial charge >= 0.3 is 0 Å². The van der Waals surface area contributed by atoms with E-state index < -0.39 is 5.97 Å². The Kier molecular flexibility index (Phi) is 35.0. The number of carbonyl (C=O) groups is 1. The Bertz CT molecular complexity index is 71.2. The molecule has 0 aliphatic carbocycles. The highest BCUT2D eigenvalue weighted by atomic mass is 35.5. The van der Waals surface area contributed by atoms with E-state index in [1.165, 1.54) is 0 Å². The second-order valence-corrected chi connectivity index (χ2v) is 4.39. The smallest absolute Gasteiger partial charge is 0.300 e. The maximum absolute atomic E-state index is 9.00. The number of hydrogen-bond acceptors (Lipinski definition) is 4. The Morgan fingerprint density at radius 3 is 1.67 bits per heavy atom. The van der Waals surface area contributed by atoms with E-state index in [1.54, 1.807) is 23.5 Å². The van der Waals surface area contributed by atoms with Crippen LogP contribution in [0.5, 0.6) is 0 Å². The van der Waals surface area contributed by atoms with Gasteiger partial charge in [0.25, 0.3) is 5.97 Å². The van der Waals surface area contributed by atoms with Gasteiger partial charge in [0.05, 0.1) is 5.21 Å². The van der Waals surface area contributed by atoms with Gasteiger partial charge in [-0.2, -0.15) is 24.4 Å². The number of alkyl halides is 1. The number of hydrogen-bond donors (Lipinski definition) is 2. The maximum atomic E-state index is 9.00. The quantitative estimate of drug-likeness (QED) is 0.449. The first-order valence-electron chi connectivity index (χ1n) is 2.91. The molecule has 0 atom stereocenters. The average molecular weight is 251 g/mol. The molecule has 12 heavy (non-hydrogen) atoms. The molecule has 0 aromatic rings. The molecule has 0 aromatic carbocycles. The molecule has 0 rings (SSSR count). The van der Waals surface area contributed by atoms with Gasteiger partial charge in [0, 0.05) is 12.0 Å². The molecular formula is C6H15ClO2S3. The second-order valence-electron chi connectivity index (χ2n) is 1.33. The molecule has 0 fully saturated rings. The Hall–Kier alpha value is 0.810. The van der Waals surface area contributed by atoms with Crippen LogP contribution in [0.3, 0.4) is 0 Å². The third-order valence-corrected chi connectivity index (χ3v) is 2.14. The lowest BCUT2D eigenvalue weighted by molar-refractivity contribution is -0.134. The van der Waals surface area contributed by atoms with Crippen LogP contribution < -0.4 is 0 Å². The van der Waals surface area contributed by atoms with Crippen molar-refractivity contribution in [1.29, 1.82) is 0 Å². The number of thioether (sulfide) groups is 2. The molecule has 0 aliphatic heterocycles. The molecule has 1 N–H and O–H groups in total. The normalized spacial score (nSPS) is 7.08. The van der Waals surface area contributed by atoms with Gasteiger partial charge in [0.1, 0.15) is 0 Å². The third-order valence-electron chi connectivity index (χ3n) is 0.238. The SMILES string of the molecule is CC(=O)O.CSCCl.CSCS. The number of carboxylic acid groups (broad SMARTS) is 1. The van der Waals surface area contributed by atoms with Crippen LogP contribution in [-0.4, -0.2) is 33.9 Å². The van der Waals surface area contributed by atoms with Crippen molar-refractivity contribution in [2.45, 2.75) is 6.92 Å². The summed E-state index contributed by atoms with van der Waals surface area (Å²) in [7, 11) is 0.